The van der Waals surface area contributed by atoms with Crippen molar-refractivity contribution in [1.82, 2.24) is 5.32 Å². The lowest BCUT2D eigenvalue weighted by atomic mass is 10.1. The van der Waals surface area contributed by atoms with Gasteiger partial charge in [0.2, 0.25) is 10.0 Å². The molecule has 2 aromatic carbocycles. The van der Waals surface area contributed by atoms with Gasteiger partial charge < -0.3 is 10.1 Å². The minimum atomic E-state index is -3.76. The fourth-order valence-corrected chi connectivity index (χ4v) is 3.21. The quantitative estimate of drug-likeness (QED) is 0.853. The second-order valence-electron chi connectivity index (χ2n) is 5.90. The van der Waals surface area contributed by atoms with E-state index in [2.05, 4.69) is 5.32 Å². The summed E-state index contributed by atoms with van der Waals surface area (Å²) in [5, 5.41) is 7.91. The molecule has 9 heteroatoms. The number of fused-ring (bicyclic) bond motifs is 1. The number of nitrogens with zero attached hydrogens (tertiary/aromatic N) is 1. The van der Waals surface area contributed by atoms with Crippen molar-refractivity contribution in [3.05, 3.63) is 53.8 Å². The van der Waals surface area contributed by atoms with E-state index < -0.39 is 15.8 Å². The van der Waals surface area contributed by atoms with Crippen LogP contribution in [0.25, 0.3) is 0 Å². The first-order chi connectivity index (χ1) is 12.3. The number of anilines is 1. The predicted molar refractivity (Wildman–Crippen MR) is 94.0 cm³/mol. The number of nitrogens with one attached hydrogen (secondary N) is 1. The molecule has 7 nitrogen and oxygen atoms in total. The summed E-state index contributed by atoms with van der Waals surface area (Å²) in [6.07, 6.45) is 0. The lowest BCUT2D eigenvalue weighted by Gasteiger charge is -2.30. The zero-order chi connectivity index (χ0) is 18.9. The molecule has 0 saturated heterocycles. The van der Waals surface area contributed by atoms with Crippen molar-refractivity contribution >= 4 is 21.7 Å². The van der Waals surface area contributed by atoms with E-state index in [1.165, 1.54) is 35.2 Å². The van der Waals surface area contributed by atoms with Crippen molar-refractivity contribution in [3.8, 4) is 5.75 Å². The van der Waals surface area contributed by atoms with Gasteiger partial charge in [-0.05, 0) is 36.8 Å². The van der Waals surface area contributed by atoms with Gasteiger partial charge in [-0.1, -0.05) is 12.1 Å². The Hall–Kier alpha value is -2.65. The number of carbonyl (C=O) groups excluding carboxylic acids is 1. The molecule has 2 aromatic rings. The Balaban J connectivity index is 1.74. The summed E-state index contributed by atoms with van der Waals surface area (Å²) in [7, 11) is -3.76. The first-order valence-corrected chi connectivity index (χ1v) is 9.43. The first-order valence-electron chi connectivity index (χ1n) is 7.89. The molecule has 1 heterocycles. The third-order valence-corrected chi connectivity index (χ3v) is 5.01. The number of urea groups is 1. The van der Waals surface area contributed by atoms with Crippen LogP contribution in [0.4, 0.5) is 14.9 Å². The van der Waals surface area contributed by atoms with Crippen molar-refractivity contribution in [2.75, 3.05) is 18.1 Å². The molecule has 3 rings (SSSR count). The minimum Gasteiger partial charge on any atom is -0.489 e. The van der Waals surface area contributed by atoms with Crippen molar-refractivity contribution in [3.63, 3.8) is 0 Å². The Morgan fingerprint density at radius 2 is 1.96 bits per heavy atom. The highest BCUT2D eigenvalue weighted by molar-refractivity contribution is 7.89. The molecule has 1 aliphatic rings. The van der Waals surface area contributed by atoms with Crippen LogP contribution in [0.1, 0.15) is 18.5 Å². The zero-order valence-corrected chi connectivity index (χ0v) is 14.8. The van der Waals surface area contributed by atoms with Gasteiger partial charge in [-0.15, -0.1) is 0 Å². The maximum atomic E-state index is 13.3. The SMILES string of the molecule is CC(NC(=O)N1CCOc2cc(F)ccc21)c1ccc(S(N)(=O)=O)cc1. The van der Waals surface area contributed by atoms with Gasteiger partial charge in [-0.25, -0.2) is 22.7 Å². The van der Waals surface area contributed by atoms with E-state index in [-0.39, 0.29) is 23.6 Å². The van der Waals surface area contributed by atoms with Gasteiger partial charge in [0.25, 0.3) is 0 Å². The number of hydrogen-bond donors (Lipinski definition) is 2. The Kier molecular flexibility index (Phi) is 4.84. The Bertz CT molecular complexity index is 932. The number of carbonyl (C=O) groups is 1. The van der Waals surface area contributed by atoms with Gasteiger partial charge in [-0.3, -0.25) is 4.90 Å². The van der Waals surface area contributed by atoms with Crippen molar-refractivity contribution < 1.29 is 22.3 Å². The molecule has 26 heavy (non-hydrogen) atoms. The molecule has 0 radical (unpaired) electrons. The molecule has 1 aliphatic heterocycles. The number of halogens is 1. The number of sulfonamides is 1. The average Bonchev–Trinajstić information content (AvgIpc) is 2.60. The standard InChI is InChI=1S/C17H18FN3O4S/c1-11(12-2-5-14(6-3-12)26(19,23)24)20-17(22)21-8-9-25-16-10-13(18)4-7-15(16)21/h2-7,10-11H,8-9H2,1H3,(H,20,22)(H2,19,23,24). The zero-order valence-electron chi connectivity index (χ0n) is 14.0. The molecular weight excluding hydrogens is 361 g/mol. The van der Waals surface area contributed by atoms with E-state index >= 15 is 0 Å². The molecule has 0 saturated carbocycles. The van der Waals surface area contributed by atoms with Gasteiger partial charge in [0.15, 0.2) is 0 Å². The first kappa shape index (κ1) is 18.2. The number of primary sulfonamides is 1. The van der Waals surface area contributed by atoms with Crippen molar-refractivity contribution in [2.45, 2.75) is 17.9 Å². The molecule has 138 valence electrons. The predicted octanol–water partition coefficient (Wildman–Crippen LogP) is 2.14. The normalized spacial score (nSPS) is 15.0. The van der Waals surface area contributed by atoms with Crippen molar-refractivity contribution in [2.24, 2.45) is 5.14 Å². The van der Waals surface area contributed by atoms with Gasteiger partial charge in [0.05, 0.1) is 23.2 Å². The topological polar surface area (TPSA) is 102 Å². The van der Waals surface area contributed by atoms with Crippen molar-refractivity contribution in [1.29, 1.82) is 0 Å². The maximum absolute atomic E-state index is 13.3. The second kappa shape index (κ2) is 6.93. The number of amides is 2. The molecule has 0 bridgehead atoms. The molecule has 0 spiro atoms. The average molecular weight is 379 g/mol. The van der Waals surface area contributed by atoms with Crippen LogP contribution < -0.4 is 20.1 Å². The number of benzene rings is 2. The summed E-state index contributed by atoms with van der Waals surface area (Å²) in [6.45, 7) is 2.37. The van der Waals surface area contributed by atoms with Crippen LogP contribution in [0, 0.1) is 5.82 Å². The summed E-state index contributed by atoms with van der Waals surface area (Å²) in [5.41, 5.74) is 1.21. The number of rotatable bonds is 3. The Morgan fingerprint density at radius 1 is 1.27 bits per heavy atom. The van der Waals surface area contributed by atoms with E-state index in [9.17, 15) is 17.6 Å². The van der Waals surface area contributed by atoms with Gasteiger partial charge in [0, 0.05) is 6.07 Å². The molecule has 0 aliphatic carbocycles. The largest absolute Gasteiger partial charge is 0.489 e. The minimum absolute atomic E-state index is 0.00362. The summed E-state index contributed by atoms with van der Waals surface area (Å²) in [5.74, 6) is -0.120. The Labute approximate surface area is 150 Å². The number of ether oxygens (including phenoxy) is 1. The third kappa shape index (κ3) is 3.78. The molecule has 1 atom stereocenters. The van der Waals surface area contributed by atoms with Gasteiger partial charge >= 0.3 is 6.03 Å². The highest BCUT2D eigenvalue weighted by Gasteiger charge is 2.25. The monoisotopic (exact) mass is 379 g/mol. The van der Waals surface area contributed by atoms with Crippen LogP contribution in [-0.2, 0) is 10.0 Å². The van der Waals surface area contributed by atoms with E-state index in [0.717, 1.165) is 5.56 Å². The molecule has 0 aromatic heterocycles. The highest BCUT2D eigenvalue weighted by atomic mass is 32.2. The summed E-state index contributed by atoms with van der Waals surface area (Å²) in [4.78, 5) is 14.1. The van der Waals surface area contributed by atoms with Crippen LogP contribution in [0.3, 0.4) is 0 Å². The molecule has 3 N–H and O–H groups in total. The number of nitrogens with two attached hydrogens (primary N) is 1. The fraction of sp³-hybridized carbons (Fsp3) is 0.235. The smallest absolute Gasteiger partial charge is 0.322 e. The molecular formula is C17H18FN3O4S. The summed E-state index contributed by atoms with van der Waals surface area (Å²) in [6, 6.07) is 9.23. The Morgan fingerprint density at radius 3 is 2.62 bits per heavy atom. The van der Waals surface area contributed by atoms with E-state index in [0.29, 0.717) is 18.0 Å². The van der Waals surface area contributed by atoms with Gasteiger partial charge in [-0.2, -0.15) is 0 Å². The maximum Gasteiger partial charge on any atom is 0.322 e. The van der Waals surface area contributed by atoms with Crippen LogP contribution in [0.2, 0.25) is 0 Å². The number of hydrogen-bond acceptors (Lipinski definition) is 4. The molecule has 2 amide bonds. The van der Waals surface area contributed by atoms with Crippen LogP contribution >= 0.6 is 0 Å². The molecule has 0 fully saturated rings. The van der Waals surface area contributed by atoms with Gasteiger partial charge in [0.1, 0.15) is 18.2 Å². The highest BCUT2D eigenvalue weighted by Crippen LogP contribution is 2.32. The lowest BCUT2D eigenvalue weighted by molar-refractivity contribution is 0.237. The second-order valence-corrected chi connectivity index (χ2v) is 7.46. The summed E-state index contributed by atoms with van der Waals surface area (Å²) >= 11 is 0. The van der Waals surface area contributed by atoms with Crippen LogP contribution in [0.5, 0.6) is 5.75 Å². The van der Waals surface area contributed by atoms with E-state index in [1.54, 1.807) is 19.1 Å². The molecule has 1 unspecified atom stereocenters. The third-order valence-electron chi connectivity index (χ3n) is 4.08. The van der Waals surface area contributed by atoms with Crippen LogP contribution in [0.15, 0.2) is 47.4 Å². The lowest BCUT2D eigenvalue weighted by Crippen LogP contribution is -2.45. The summed E-state index contributed by atoms with van der Waals surface area (Å²) < 4.78 is 41.3. The van der Waals surface area contributed by atoms with E-state index in [4.69, 9.17) is 9.88 Å². The van der Waals surface area contributed by atoms with E-state index in [1.807, 2.05) is 0 Å². The van der Waals surface area contributed by atoms with Crippen LogP contribution in [-0.4, -0.2) is 27.6 Å². The fourth-order valence-electron chi connectivity index (χ4n) is 2.70.